The van der Waals surface area contributed by atoms with Crippen molar-refractivity contribution in [2.45, 2.75) is 24.9 Å². The van der Waals surface area contributed by atoms with Crippen molar-refractivity contribution >= 4 is 0 Å². The highest BCUT2D eigenvalue weighted by molar-refractivity contribution is 5.20. The molecule has 1 aliphatic heterocycles. The van der Waals surface area contributed by atoms with Gasteiger partial charge in [0.15, 0.2) is 0 Å². The van der Waals surface area contributed by atoms with E-state index in [1.54, 1.807) is 6.92 Å². The van der Waals surface area contributed by atoms with Crippen molar-refractivity contribution < 1.29 is 0 Å². The summed E-state index contributed by atoms with van der Waals surface area (Å²) in [7, 11) is 2.16. The molecule has 0 radical (unpaired) electrons. The molecule has 2 atom stereocenters. The number of benzene rings is 1. The van der Waals surface area contributed by atoms with E-state index in [9.17, 15) is 0 Å². The van der Waals surface area contributed by atoms with Crippen molar-refractivity contribution in [3.8, 4) is 6.07 Å². The van der Waals surface area contributed by atoms with Gasteiger partial charge in [-0.25, -0.2) is 0 Å². The molecule has 4 heteroatoms. The van der Waals surface area contributed by atoms with Gasteiger partial charge in [0, 0.05) is 32.2 Å². The van der Waals surface area contributed by atoms with Gasteiger partial charge in [-0.3, -0.25) is 4.90 Å². The number of likely N-dealkylation sites (N-methyl/N-ethyl adjacent to an activating group) is 1. The predicted molar refractivity (Wildman–Crippen MR) is 81.1 cm³/mol. The van der Waals surface area contributed by atoms with Crippen LogP contribution in [0.25, 0.3) is 0 Å². The molecule has 20 heavy (non-hydrogen) atoms. The lowest BCUT2D eigenvalue weighted by molar-refractivity contribution is 0.0854. The van der Waals surface area contributed by atoms with E-state index >= 15 is 0 Å². The molecule has 108 valence electrons. The summed E-state index contributed by atoms with van der Waals surface area (Å²) in [6.45, 7) is 5.79. The molecule has 1 aromatic rings. The standard InChI is InChI=1S/C16H24N4/c1-16(18,13-17)8-9-20-11-10-19(2)12-15(20)14-6-4-3-5-7-14/h3-7,15H,8-12,18H2,1-2H3. The zero-order valence-electron chi connectivity index (χ0n) is 12.4. The lowest BCUT2D eigenvalue weighted by Crippen LogP contribution is -2.49. The number of hydrogen-bond donors (Lipinski definition) is 1. The summed E-state index contributed by atoms with van der Waals surface area (Å²) in [6.07, 6.45) is 0.705. The van der Waals surface area contributed by atoms with Crippen LogP contribution < -0.4 is 5.73 Å². The first-order valence-electron chi connectivity index (χ1n) is 7.19. The smallest absolute Gasteiger partial charge is 0.102 e. The van der Waals surface area contributed by atoms with Crippen LogP contribution in [0.2, 0.25) is 0 Å². The van der Waals surface area contributed by atoms with Crippen molar-refractivity contribution in [3.63, 3.8) is 0 Å². The molecule has 2 N–H and O–H groups in total. The van der Waals surface area contributed by atoms with Crippen LogP contribution in [0.3, 0.4) is 0 Å². The number of piperazine rings is 1. The summed E-state index contributed by atoms with van der Waals surface area (Å²) in [5.41, 5.74) is 6.56. The van der Waals surface area contributed by atoms with Crippen LogP contribution in [0, 0.1) is 11.3 Å². The van der Waals surface area contributed by atoms with Crippen molar-refractivity contribution in [3.05, 3.63) is 35.9 Å². The molecule has 0 spiro atoms. The van der Waals surface area contributed by atoms with Crippen LogP contribution in [-0.4, -0.2) is 48.6 Å². The number of nitrogens with two attached hydrogens (primary N) is 1. The molecule has 1 aromatic carbocycles. The fraction of sp³-hybridized carbons (Fsp3) is 0.562. The maximum atomic E-state index is 9.05. The second-order valence-corrected chi connectivity index (χ2v) is 6.00. The third kappa shape index (κ3) is 3.80. The monoisotopic (exact) mass is 272 g/mol. The van der Waals surface area contributed by atoms with Gasteiger partial charge in [-0.1, -0.05) is 30.3 Å². The third-order valence-electron chi connectivity index (χ3n) is 4.05. The van der Waals surface area contributed by atoms with Gasteiger partial charge >= 0.3 is 0 Å². The maximum Gasteiger partial charge on any atom is 0.102 e. The lowest BCUT2D eigenvalue weighted by Gasteiger charge is -2.41. The molecule has 0 aliphatic carbocycles. The predicted octanol–water partition coefficient (Wildman–Crippen LogP) is 1.61. The van der Waals surface area contributed by atoms with E-state index in [0.717, 1.165) is 26.2 Å². The Morgan fingerprint density at radius 3 is 2.70 bits per heavy atom. The van der Waals surface area contributed by atoms with Crippen LogP contribution in [0.5, 0.6) is 0 Å². The van der Waals surface area contributed by atoms with E-state index in [2.05, 4.69) is 47.2 Å². The van der Waals surface area contributed by atoms with Crippen LogP contribution in [0.1, 0.15) is 24.9 Å². The molecule has 2 rings (SSSR count). The highest BCUT2D eigenvalue weighted by Crippen LogP contribution is 2.25. The first kappa shape index (κ1) is 15.0. The van der Waals surface area contributed by atoms with Crippen molar-refractivity contribution in [1.29, 1.82) is 5.26 Å². The topological polar surface area (TPSA) is 56.3 Å². The second-order valence-electron chi connectivity index (χ2n) is 6.00. The molecule has 2 unspecified atom stereocenters. The van der Waals surface area contributed by atoms with Crippen molar-refractivity contribution in [2.24, 2.45) is 5.73 Å². The Balaban J connectivity index is 2.07. The van der Waals surface area contributed by atoms with E-state index < -0.39 is 5.54 Å². The van der Waals surface area contributed by atoms with Gasteiger partial charge in [0.2, 0.25) is 0 Å². The largest absolute Gasteiger partial charge is 0.314 e. The summed E-state index contributed by atoms with van der Waals surface area (Å²) in [6, 6.07) is 13.2. The van der Waals surface area contributed by atoms with E-state index in [0.29, 0.717) is 12.5 Å². The zero-order chi connectivity index (χ0) is 14.6. The van der Waals surface area contributed by atoms with Crippen LogP contribution in [0.15, 0.2) is 30.3 Å². The average molecular weight is 272 g/mol. The fourth-order valence-electron chi connectivity index (χ4n) is 2.65. The summed E-state index contributed by atoms with van der Waals surface area (Å²) < 4.78 is 0. The van der Waals surface area contributed by atoms with Gasteiger partial charge in [0.05, 0.1) is 6.07 Å². The summed E-state index contributed by atoms with van der Waals surface area (Å²) in [4.78, 5) is 4.82. The SMILES string of the molecule is CN1CCN(CCC(C)(N)C#N)C(c2ccccc2)C1. The van der Waals surface area contributed by atoms with Crippen LogP contribution in [0.4, 0.5) is 0 Å². The molecule has 0 amide bonds. The van der Waals surface area contributed by atoms with Gasteiger partial charge in [-0.2, -0.15) is 5.26 Å². The van der Waals surface area contributed by atoms with Crippen LogP contribution >= 0.6 is 0 Å². The Morgan fingerprint density at radius 2 is 2.05 bits per heavy atom. The minimum absolute atomic E-state index is 0.393. The highest BCUT2D eigenvalue weighted by atomic mass is 15.3. The quantitative estimate of drug-likeness (QED) is 0.904. The van der Waals surface area contributed by atoms with Gasteiger partial charge in [-0.05, 0) is 26.0 Å². The van der Waals surface area contributed by atoms with Crippen LogP contribution in [-0.2, 0) is 0 Å². The van der Waals surface area contributed by atoms with E-state index in [1.165, 1.54) is 5.56 Å². The molecule has 1 fully saturated rings. The number of rotatable bonds is 4. The summed E-state index contributed by atoms with van der Waals surface area (Å²) >= 11 is 0. The van der Waals surface area contributed by atoms with Gasteiger partial charge in [0.1, 0.15) is 5.54 Å². The first-order valence-corrected chi connectivity index (χ1v) is 7.19. The van der Waals surface area contributed by atoms with E-state index in [1.807, 2.05) is 6.07 Å². The molecule has 1 heterocycles. The van der Waals surface area contributed by atoms with E-state index in [4.69, 9.17) is 11.0 Å². The van der Waals surface area contributed by atoms with Crippen molar-refractivity contribution in [2.75, 3.05) is 33.2 Å². The average Bonchev–Trinajstić information content (AvgIpc) is 2.47. The Kier molecular flexibility index (Phi) is 4.77. The lowest BCUT2D eigenvalue weighted by atomic mass is 9.98. The van der Waals surface area contributed by atoms with Gasteiger partial charge in [-0.15, -0.1) is 0 Å². The number of hydrogen-bond acceptors (Lipinski definition) is 4. The molecule has 0 saturated carbocycles. The van der Waals surface area contributed by atoms with Gasteiger partial charge < -0.3 is 10.6 Å². The maximum absolute atomic E-state index is 9.05. The summed E-state index contributed by atoms with van der Waals surface area (Å²) in [5.74, 6) is 0. The Labute approximate surface area is 121 Å². The molecule has 1 saturated heterocycles. The fourth-order valence-corrected chi connectivity index (χ4v) is 2.65. The van der Waals surface area contributed by atoms with Crippen molar-refractivity contribution in [1.82, 2.24) is 9.80 Å². The molecule has 4 nitrogen and oxygen atoms in total. The zero-order valence-corrected chi connectivity index (χ0v) is 12.4. The molecular formula is C16H24N4. The molecular weight excluding hydrogens is 248 g/mol. The van der Waals surface area contributed by atoms with E-state index in [-0.39, 0.29) is 0 Å². The summed E-state index contributed by atoms with van der Waals surface area (Å²) in [5, 5.41) is 9.05. The van der Waals surface area contributed by atoms with Gasteiger partial charge in [0.25, 0.3) is 0 Å². The normalized spacial score (nSPS) is 24.0. The Hall–Kier alpha value is -1.41. The minimum Gasteiger partial charge on any atom is -0.314 e. The highest BCUT2D eigenvalue weighted by Gasteiger charge is 2.28. The second kappa shape index (κ2) is 6.36. The number of nitriles is 1. The molecule has 0 bridgehead atoms. The molecule has 1 aliphatic rings. The minimum atomic E-state index is -0.732. The Morgan fingerprint density at radius 1 is 1.35 bits per heavy atom. The number of nitrogens with zero attached hydrogens (tertiary/aromatic N) is 3. The Bertz CT molecular complexity index is 463. The molecule has 0 aromatic heterocycles. The third-order valence-corrected chi connectivity index (χ3v) is 4.05. The first-order chi connectivity index (χ1) is 9.52.